The molecule has 0 aromatic heterocycles. The van der Waals surface area contributed by atoms with E-state index in [9.17, 15) is 19.8 Å². The van der Waals surface area contributed by atoms with Crippen LogP contribution in [-0.2, 0) is 9.59 Å². The summed E-state index contributed by atoms with van der Waals surface area (Å²) in [5, 5.41) is 18.4. The van der Waals surface area contributed by atoms with Gasteiger partial charge in [-0.05, 0) is 22.7 Å². The van der Waals surface area contributed by atoms with E-state index in [4.69, 9.17) is 0 Å². The molecule has 2 N–H and O–H groups in total. The molecule has 2 atom stereocenters. The van der Waals surface area contributed by atoms with Gasteiger partial charge in [0.15, 0.2) is 0 Å². The SMILES string of the molecule is CCCCCCCCCCCCCCCCC(SSSC(CCCCCCCCCCCCCCCC)C(=O)O)C(=O)O. The van der Waals surface area contributed by atoms with E-state index in [1.807, 2.05) is 0 Å². The Kier molecular flexibility index (Phi) is 34.8. The highest BCUT2D eigenvalue weighted by atomic mass is 33.5. The summed E-state index contributed by atoms with van der Waals surface area (Å²) in [6.07, 6.45) is 37.6. The van der Waals surface area contributed by atoms with Gasteiger partial charge in [0.2, 0.25) is 0 Å². The van der Waals surface area contributed by atoms with Crippen LogP contribution in [0.2, 0.25) is 0 Å². The summed E-state index contributed by atoms with van der Waals surface area (Å²) < 4.78 is 0. The normalized spacial score (nSPS) is 12.9. The van der Waals surface area contributed by atoms with Crippen LogP contribution in [0.4, 0.5) is 0 Å². The predicted octanol–water partition coefficient (Wildman–Crippen LogP) is 13.7. The van der Waals surface area contributed by atoms with Gasteiger partial charge in [-0.1, -0.05) is 215 Å². The quantitative estimate of drug-likeness (QED) is 0.0511. The molecule has 2 unspecified atom stereocenters. The molecule has 0 aliphatic rings. The van der Waals surface area contributed by atoms with Crippen LogP contribution >= 0.6 is 31.4 Å². The fourth-order valence-corrected chi connectivity index (χ4v) is 10.4. The van der Waals surface area contributed by atoms with Crippen LogP contribution in [0.5, 0.6) is 0 Å². The van der Waals surface area contributed by atoms with Gasteiger partial charge in [0.25, 0.3) is 0 Å². The molecular weight excluding hydrogens is 593 g/mol. The van der Waals surface area contributed by atoms with Crippen molar-refractivity contribution in [2.45, 2.75) is 217 Å². The Hall–Kier alpha value is -0.0100. The van der Waals surface area contributed by atoms with Crippen molar-refractivity contribution < 1.29 is 19.8 Å². The number of carboxylic acid groups (broad SMARTS) is 2. The standard InChI is InChI=1S/C36H70O4S3/c1-3-5-7-9-11-13-15-17-19-21-23-25-27-29-31-33(35(37)38)41-43-42-34(36(39)40)32-30-28-26-24-22-20-18-16-14-12-10-8-6-4-2/h33-34H,3-32H2,1-2H3,(H,37,38)(H,39,40). The highest BCUT2D eigenvalue weighted by molar-refractivity contribution is 9.09. The zero-order valence-corrected chi connectivity index (χ0v) is 30.8. The highest BCUT2D eigenvalue weighted by Gasteiger charge is 2.22. The van der Waals surface area contributed by atoms with Gasteiger partial charge in [-0.2, -0.15) is 0 Å². The lowest BCUT2D eigenvalue weighted by Crippen LogP contribution is -2.16. The Morgan fingerprint density at radius 2 is 0.605 bits per heavy atom. The van der Waals surface area contributed by atoms with Gasteiger partial charge in [-0.25, -0.2) is 0 Å². The molecule has 0 spiro atoms. The van der Waals surface area contributed by atoms with Crippen LogP contribution in [0, 0.1) is 0 Å². The van der Waals surface area contributed by atoms with Crippen molar-refractivity contribution in [3.63, 3.8) is 0 Å². The maximum atomic E-state index is 11.7. The first-order chi connectivity index (χ1) is 21.0. The smallest absolute Gasteiger partial charge is 0.317 e. The summed E-state index contributed by atoms with van der Waals surface area (Å²) in [6.45, 7) is 4.53. The molecule has 0 radical (unpaired) electrons. The molecule has 0 amide bonds. The van der Waals surface area contributed by atoms with E-state index in [1.165, 1.54) is 186 Å². The molecule has 0 rings (SSSR count). The zero-order chi connectivity index (χ0) is 31.6. The monoisotopic (exact) mass is 662 g/mol. The van der Waals surface area contributed by atoms with Gasteiger partial charge in [0.1, 0.15) is 10.5 Å². The van der Waals surface area contributed by atoms with Crippen molar-refractivity contribution in [3.05, 3.63) is 0 Å². The van der Waals surface area contributed by atoms with Gasteiger partial charge in [-0.3, -0.25) is 9.59 Å². The molecule has 0 heterocycles. The minimum absolute atomic E-state index is 0.453. The third-order valence-corrected chi connectivity index (χ3v) is 13.3. The molecule has 4 nitrogen and oxygen atoms in total. The van der Waals surface area contributed by atoms with Crippen LogP contribution in [0.25, 0.3) is 0 Å². The summed E-state index contributed by atoms with van der Waals surface area (Å²) >= 11 is 0. The van der Waals surface area contributed by atoms with Crippen LogP contribution in [0.1, 0.15) is 206 Å². The van der Waals surface area contributed by atoms with Gasteiger partial charge in [0, 0.05) is 0 Å². The maximum absolute atomic E-state index is 11.7. The summed E-state index contributed by atoms with van der Waals surface area (Å²) in [6, 6.07) is 0. The Morgan fingerprint density at radius 3 is 0.814 bits per heavy atom. The van der Waals surface area contributed by atoms with E-state index in [0.717, 1.165) is 25.7 Å². The van der Waals surface area contributed by atoms with Gasteiger partial charge >= 0.3 is 11.9 Å². The van der Waals surface area contributed by atoms with Gasteiger partial charge in [0.05, 0.1) is 0 Å². The predicted molar refractivity (Wildman–Crippen MR) is 195 cm³/mol. The molecule has 0 aliphatic heterocycles. The fourth-order valence-electron chi connectivity index (χ4n) is 5.59. The molecule has 0 bridgehead atoms. The largest absolute Gasteiger partial charge is 0.480 e. The number of aliphatic carboxylic acids is 2. The Bertz CT molecular complexity index is 555. The molecule has 43 heavy (non-hydrogen) atoms. The molecule has 0 saturated heterocycles. The summed E-state index contributed by atoms with van der Waals surface area (Å²) in [7, 11) is 4.05. The van der Waals surface area contributed by atoms with Crippen LogP contribution in [0.3, 0.4) is 0 Å². The number of unbranched alkanes of at least 4 members (excludes halogenated alkanes) is 26. The number of hydrogen-bond donors (Lipinski definition) is 2. The van der Waals surface area contributed by atoms with E-state index in [-0.39, 0.29) is 0 Å². The summed E-state index contributed by atoms with van der Waals surface area (Å²) in [4.78, 5) is 23.5. The van der Waals surface area contributed by atoms with Crippen molar-refractivity contribution in [3.8, 4) is 0 Å². The van der Waals surface area contributed by atoms with Gasteiger partial charge in [-0.15, -0.1) is 0 Å². The minimum Gasteiger partial charge on any atom is -0.480 e. The average Bonchev–Trinajstić information content (AvgIpc) is 2.99. The lowest BCUT2D eigenvalue weighted by atomic mass is 10.0. The number of carbonyl (C=O) groups is 2. The van der Waals surface area contributed by atoms with E-state index in [0.29, 0.717) is 12.8 Å². The third kappa shape index (κ3) is 31.7. The van der Waals surface area contributed by atoms with Crippen molar-refractivity contribution in [1.82, 2.24) is 0 Å². The molecule has 7 heteroatoms. The van der Waals surface area contributed by atoms with E-state index < -0.39 is 22.4 Å². The fraction of sp³-hybridized carbons (Fsp3) is 0.944. The third-order valence-electron chi connectivity index (χ3n) is 8.50. The van der Waals surface area contributed by atoms with E-state index >= 15 is 0 Å². The number of carboxylic acids is 2. The molecule has 0 aliphatic carbocycles. The van der Waals surface area contributed by atoms with Crippen LogP contribution in [-0.4, -0.2) is 32.7 Å². The Balaban J connectivity index is 3.74. The Morgan fingerprint density at radius 1 is 0.395 bits per heavy atom. The molecule has 0 fully saturated rings. The first-order valence-electron chi connectivity index (χ1n) is 18.5. The van der Waals surface area contributed by atoms with Crippen LogP contribution in [0.15, 0.2) is 0 Å². The average molecular weight is 663 g/mol. The summed E-state index contributed by atoms with van der Waals surface area (Å²) in [5.41, 5.74) is 0. The molecule has 0 aromatic rings. The second-order valence-corrected chi connectivity index (χ2v) is 17.1. The van der Waals surface area contributed by atoms with Crippen molar-refractivity contribution in [1.29, 1.82) is 0 Å². The van der Waals surface area contributed by atoms with Crippen molar-refractivity contribution in [2.75, 3.05) is 0 Å². The maximum Gasteiger partial charge on any atom is 0.317 e. The van der Waals surface area contributed by atoms with Crippen molar-refractivity contribution in [2.24, 2.45) is 0 Å². The molecule has 0 aromatic carbocycles. The lowest BCUT2D eigenvalue weighted by Gasteiger charge is -2.14. The second-order valence-electron chi connectivity index (χ2n) is 12.7. The van der Waals surface area contributed by atoms with Crippen molar-refractivity contribution >= 4 is 43.4 Å². The van der Waals surface area contributed by atoms with E-state index in [1.54, 1.807) is 0 Å². The topological polar surface area (TPSA) is 74.6 Å². The first kappa shape index (κ1) is 43.0. The highest BCUT2D eigenvalue weighted by Crippen LogP contribution is 2.43. The molecular formula is C36H70O4S3. The molecule has 256 valence electrons. The van der Waals surface area contributed by atoms with E-state index in [2.05, 4.69) is 13.8 Å². The zero-order valence-electron chi connectivity index (χ0n) is 28.3. The van der Waals surface area contributed by atoms with Gasteiger partial charge < -0.3 is 10.2 Å². The van der Waals surface area contributed by atoms with Crippen LogP contribution < -0.4 is 0 Å². The number of rotatable bonds is 36. The molecule has 0 saturated carbocycles. The minimum atomic E-state index is -0.772. The second kappa shape index (κ2) is 34.9. The lowest BCUT2D eigenvalue weighted by molar-refractivity contribution is -0.137. The number of hydrogen-bond acceptors (Lipinski definition) is 5. The Labute approximate surface area is 279 Å². The summed E-state index contributed by atoms with van der Waals surface area (Å²) in [5.74, 6) is -1.54. The first-order valence-corrected chi connectivity index (χ1v) is 22.1.